The average Bonchev–Trinajstić information content (AvgIpc) is 2.69. The van der Waals surface area contributed by atoms with E-state index in [1.807, 2.05) is 0 Å². The molecule has 0 amide bonds. The minimum absolute atomic E-state index is 0.254. The lowest BCUT2D eigenvalue weighted by Crippen LogP contribution is -2.31. The van der Waals surface area contributed by atoms with Crippen LogP contribution in [0.15, 0.2) is 48.5 Å². The zero-order valence-electron chi connectivity index (χ0n) is 17.8. The lowest BCUT2D eigenvalue weighted by molar-refractivity contribution is 0.0487. The third-order valence-corrected chi connectivity index (χ3v) is 4.71. The molecule has 0 aliphatic heterocycles. The van der Waals surface area contributed by atoms with Gasteiger partial charge in [0, 0.05) is 24.1 Å². The van der Waals surface area contributed by atoms with Crippen LogP contribution in [0.4, 0.5) is 0 Å². The predicted molar refractivity (Wildman–Crippen MR) is 114 cm³/mol. The molecule has 0 aromatic heterocycles. The van der Waals surface area contributed by atoms with E-state index in [1.54, 1.807) is 48.5 Å². The third-order valence-electron chi connectivity index (χ3n) is 4.71. The zero-order chi connectivity index (χ0) is 22.5. The summed E-state index contributed by atoms with van der Waals surface area (Å²) in [5.74, 6) is -0.727. The smallest absolute Gasteiger partial charge is 0.193 e. The van der Waals surface area contributed by atoms with Gasteiger partial charge in [0.15, 0.2) is 11.6 Å². The first-order valence-electron chi connectivity index (χ1n) is 9.79. The van der Waals surface area contributed by atoms with E-state index in [0.29, 0.717) is 24.1 Å². The van der Waals surface area contributed by atoms with E-state index in [9.17, 15) is 19.8 Å². The molecule has 6 heteroatoms. The van der Waals surface area contributed by atoms with Crippen LogP contribution in [0.5, 0.6) is 0 Å². The summed E-state index contributed by atoms with van der Waals surface area (Å²) in [6, 6.07) is 15.7. The Morgan fingerprint density at radius 3 is 1.53 bits per heavy atom. The summed E-state index contributed by atoms with van der Waals surface area (Å²) in [5.41, 5.74) is -0.325. The Labute approximate surface area is 177 Å². The van der Waals surface area contributed by atoms with Crippen molar-refractivity contribution in [2.45, 2.75) is 51.4 Å². The van der Waals surface area contributed by atoms with E-state index < -0.39 is 11.2 Å². The van der Waals surface area contributed by atoms with E-state index in [1.165, 1.54) is 27.7 Å². The number of aliphatic hydroxyl groups is 2. The van der Waals surface area contributed by atoms with Gasteiger partial charge in [-0.2, -0.15) is 5.26 Å². The Kier molecular flexibility index (Phi) is 7.27. The molecule has 0 fully saturated rings. The van der Waals surface area contributed by atoms with E-state index in [4.69, 9.17) is 5.26 Å². The Balaban J connectivity index is 2.33. The van der Waals surface area contributed by atoms with Crippen molar-refractivity contribution in [3.8, 4) is 6.07 Å². The van der Waals surface area contributed by atoms with Gasteiger partial charge in [0.25, 0.3) is 0 Å². The molecule has 0 atom stereocenters. The number of hydrogen-bond acceptors (Lipinski definition) is 6. The number of nitrogens with zero attached hydrogens (tertiary/aromatic N) is 1. The molecule has 0 heterocycles. The van der Waals surface area contributed by atoms with Crippen molar-refractivity contribution in [1.29, 1.82) is 5.26 Å². The molecule has 0 unspecified atom stereocenters. The lowest BCUT2D eigenvalue weighted by Gasteiger charge is -2.21. The number of hydrogen-bond donors (Lipinski definition) is 3. The molecule has 0 spiro atoms. The molecule has 0 radical (unpaired) electrons. The highest BCUT2D eigenvalue weighted by Gasteiger charge is 2.26. The number of carbonyl (C=O) groups is 2. The van der Waals surface area contributed by atoms with Gasteiger partial charge in [-0.15, -0.1) is 0 Å². The molecule has 0 bridgehead atoms. The number of ketones is 2. The van der Waals surface area contributed by atoms with Crippen molar-refractivity contribution in [2.24, 2.45) is 0 Å². The highest BCUT2D eigenvalue weighted by molar-refractivity contribution is 6.02. The second kappa shape index (κ2) is 9.31. The predicted octanol–water partition coefficient (Wildman–Crippen LogP) is 3.19. The van der Waals surface area contributed by atoms with Crippen molar-refractivity contribution in [3.63, 3.8) is 0 Å². The topological polar surface area (TPSA) is 110 Å². The molecule has 6 nitrogen and oxygen atoms in total. The summed E-state index contributed by atoms with van der Waals surface area (Å²) in [6.45, 7) is 6.27. The van der Waals surface area contributed by atoms with Crippen molar-refractivity contribution < 1.29 is 19.8 Å². The highest BCUT2D eigenvalue weighted by atomic mass is 16.3. The van der Waals surface area contributed by atoms with Gasteiger partial charge in [0.2, 0.25) is 0 Å². The first-order chi connectivity index (χ1) is 13.9. The fourth-order valence-electron chi connectivity index (χ4n) is 3.06. The van der Waals surface area contributed by atoms with Crippen LogP contribution in [-0.2, 0) is 0 Å². The van der Waals surface area contributed by atoms with Gasteiger partial charge in [0.05, 0.1) is 12.1 Å². The molecule has 158 valence electrons. The number of nitrogens with one attached hydrogen (secondary N) is 1. The fraction of sp³-hybridized carbons (Fsp3) is 0.375. The number of benzene rings is 2. The number of Topliss-reactive ketones (excluding diaryl/α,β-unsaturated/α-hetero) is 2. The van der Waals surface area contributed by atoms with Gasteiger partial charge in [-0.1, -0.05) is 48.5 Å². The number of rotatable bonds is 9. The van der Waals surface area contributed by atoms with Crippen molar-refractivity contribution in [2.75, 3.05) is 6.54 Å². The molecule has 0 saturated heterocycles. The van der Waals surface area contributed by atoms with Crippen LogP contribution in [0, 0.1) is 11.3 Å². The summed E-state index contributed by atoms with van der Waals surface area (Å²) in [4.78, 5) is 24.5. The summed E-state index contributed by atoms with van der Waals surface area (Å²) in [5, 5.41) is 32.0. The largest absolute Gasteiger partial charge is 0.382 e. The van der Waals surface area contributed by atoms with Crippen LogP contribution in [0.1, 0.15) is 72.0 Å². The van der Waals surface area contributed by atoms with Gasteiger partial charge in [0.1, 0.15) is 11.2 Å². The SMILES string of the molecule is CC(C)(O)C(=O)c1ccc(C(NCCC#N)c2ccc(C(=O)C(C)(C)O)cc2)cc1. The van der Waals surface area contributed by atoms with E-state index in [-0.39, 0.29) is 17.6 Å². The quantitative estimate of drug-likeness (QED) is 0.434. The molecule has 3 N–H and O–H groups in total. The fourth-order valence-corrected chi connectivity index (χ4v) is 3.06. The van der Waals surface area contributed by atoms with Gasteiger partial charge in [-0.05, 0) is 38.8 Å². The average molecular weight is 408 g/mol. The maximum Gasteiger partial charge on any atom is 0.193 e. The Morgan fingerprint density at radius 2 is 1.23 bits per heavy atom. The van der Waals surface area contributed by atoms with E-state index in [0.717, 1.165) is 11.1 Å². The molecule has 2 aromatic carbocycles. The maximum absolute atomic E-state index is 12.3. The molecule has 2 aromatic rings. The van der Waals surface area contributed by atoms with Crippen molar-refractivity contribution in [3.05, 3.63) is 70.8 Å². The second-order valence-corrected chi connectivity index (χ2v) is 8.32. The summed E-state index contributed by atoms with van der Waals surface area (Å²) >= 11 is 0. The third kappa shape index (κ3) is 5.83. The second-order valence-electron chi connectivity index (χ2n) is 8.32. The Hall–Kier alpha value is -2.85. The number of carbonyl (C=O) groups excluding carboxylic acids is 2. The highest BCUT2D eigenvalue weighted by Crippen LogP contribution is 2.25. The first-order valence-corrected chi connectivity index (χ1v) is 9.79. The molecular weight excluding hydrogens is 380 g/mol. The lowest BCUT2D eigenvalue weighted by atomic mass is 9.91. The summed E-state index contributed by atoms with van der Waals surface area (Å²) < 4.78 is 0. The van der Waals surface area contributed by atoms with E-state index >= 15 is 0 Å². The standard InChI is InChI=1S/C24H28N2O4/c1-23(2,29)21(27)18-10-6-16(7-11-18)20(26-15-5-14-25)17-8-12-19(13-9-17)22(28)24(3,4)30/h6-13,20,26,29-30H,5,15H2,1-4H3. The van der Waals surface area contributed by atoms with Crippen LogP contribution in [0.2, 0.25) is 0 Å². The first kappa shape index (κ1) is 23.4. The molecule has 2 rings (SSSR count). The van der Waals surface area contributed by atoms with Crippen LogP contribution in [0.25, 0.3) is 0 Å². The van der Waals surface area contributed by atoms with Crippen LogP contribution < -0.4 is 5.32 Å². The molecule has 0 aliphatic carbocycles. The zero-order valence-corrected chi connectivity index (χ0v) is 17.8. The minimum atomic E-state index is -1.45. The number of nitriles is 1. The minimum Gasteiger partial charge on any atom is -0.382 e. The van der Waals surface area contributed by atoms with Crippen LogP contribution in [-0.4, -0.2) is 39.5 Å². The van der Waals surface area contributed by atoms with Gasteiger partial charge < -0.3 is 15.5 Å². The molecular formula is C24H28N2O4. The van der Waals surface area contributed by atoms with Crippen LogP contribution >= 0.6 is 0 Å². The van der Waals surface area contributed by atoms with Crippen molar-refractivity contribution >= 4 is 11.6 Å². The summed E-state index contributed by atoms with van der Waals surface area (Å²) in [6.07, 6.45) is 0.334. The van der Waals surface area contributed by atoms with Gasteiger partial charge >= 0.3 is 0 Å². The normalized spacial score (nSPS) is 11.9. The molecule has 0 saturated carbocycles. The monoisotopic (exact) mass is 408 g/mol. The maximum atomic E-state index is 12.3. The Bertz CT molecular complexity index is 858. The van der Waals surface area contributed by atoms with Crippen molar-refractivity contribution in [1.82, 2.24) is 5.32 Å². The molecule has 0 aliphatic rings. The van der Waals surface area contributed by atoms with Crippen LogP contribution in [0.3, 0.4) is 0 Å². The molecule has 30 heavy (non-hydrogen) atoms. The van der Waals surface area contributed by atoms with Gasteiger partial charge in [-0.25, -0.2) is 0 Å². The van der Waals surface area contributed by atoms with Gasteiger partial charge in [-0.3, -0.25) is 9.59 Å². The summed E-state index contributed by atoms with van der Waals surface area (Å²) in [7, 11) is 0. The Morgan fingerprint density at radius 1 is 0.867 bits per heavy atom. The van der Waals surface area contributed by atoms with E-state index in [2.05, 4.69) is 11.4 Å².